The lowest BCUT2D eigenvalue weighted by atomic mass is 10.0. The van der Waals surface area contributed by atoms with Gasteiger partial charge in [0.05, 0.1) is 18.5 Å². The zero-order valence-corrected chi connectivity index (χ0v) is 24.3. The lowest BCUT2D eigenvalue weighted by Crippen LogP contribution is -2.57. The SMILES string of the molecule is COC(=O)[C@@H]1CCCN1C(=O)[C@@H](NC(=O)[C@H](CCCCNc1cccnc1C)NC(=O)OC(C)(C)C)C(C)C. The van der Waals surface area contributed by atoms with Gasteiger partial charge in [-0.1, -0.05) is 13.8 Å². The Kier molecular flexibility index (Phi) is 12.0. The summed E-state index contributed by atoms with van der Waals surface area (Å²) >= 11 is 0. The maximum absolute atomic E-state index is 13.4. The van der Waals surface area contributed by atoms with Gasteiger partial charge in [-0.3, -0.25) is 14.6 Å². The molecule has 218 valence electrons. The van der Waals surface area contributed by atoms with Crippen LogP contribution in [0.2, 0.25) is 0 Å². The summed E-state index contributed by atoms with van der Waals surface area (Å²) in [5.41, 5.74) is 1.12. The van der Waals surface area contributed by atoms with Gasteiger partial charge in [0, 0.05) is 19.3 Å². The highest BCUT2D eigenvalue weighted by Gasteiger charge is 2.40. The van der Waals surface area contributed by atoms with Crippen LogP contribution < -0.4 is 16.0 Å². The molecule has 0 radical (unpaired) electrons. The normalized spacial score (nSPS) is 16.8. The molecule has 11 heteroatoms. The number of amides is 3. The Balaban J connectivity index is 2.07. The molecule has 1 saturated heterocycles. The van der Waals surface area contributed by atoms with E-state index in [0.717, 1.165) is 17.8 Å². The molecule has 0 bridgehead atoms. The highest BCUT2D eigenvalue weighted by atomic mass is 16.6. The van der Waals surface area contributed by atoms with Gasteiger partial charge in [0.1, 0.15) is 23.7 Å². The predicted octanol–water partition coefficient (Wildman–Crippen LogP) is 3.17. The largest absolute Gasteiger partial charge is 0.467 e. The van der Waals surface area contributed by atoms with Gasteiger partial charge in [-0.15, -0.1) is 0 Å². The average molecular weight is 548 g/mol. The molecule has 0 aliphatic carbocycles. The number of aromatic nitrogens is 1. The van der Waals surface area contributed by atoms with Crippen molar-refractivity contribution in [3.05, 3.63) is 24.0 Å². The first-order chi connectivity index (χ1) is 18.3. The summed E-state index contributed by atoms with van der Waals surface area (Å²) in [5.74, 6) is -1.51. The van der Waals surface area contributed by atoms with Crippen molar-refractivity contribution in [3.63, 3.8) is 0 Å². The maximum Gasteiger partial charge on any atom is 0.408 e. The number of esters is 1. The van der Waals surface area contributed by atoms with Crippen LogP contribution >= 0.6 is 0 Å². The first kappa shape index (κ1) is 31.8. The summed E-state index contributed by atoms with van der Waals surface area (Å²) in [6.07, 6.45) is 3.97. The lowest BCUT2D eigenvalue weighted by Gasteiger charge is -2.31. The zero-order valence-electron chi connectivity index (χ0n) is 24.3. The van der Waals surface area contributed by atoms with E-state index in [0.29, 0.717) is 38.8 Å². The first-order valence-corrected chi connectivity index (χ1v) is 13.7. The van der Waals surface area contributed by atoms with E-state index in [1.165, 1.54) is 12.0 Å². The Hall–Kier alpha value is -3.37. The van der Waals surface area contributed by atoms with E-state index in [1.807, 2.05) is 32.9 Å². The van der Waals surface area contributed by atoms with E-state index in [1.54, 1.807) is 27.0 Å². The summed E-state index contributed by atoms with van der Waals surface area (Å²) in [5, 5.41) is 8.85. The molecule has 3 amide bonds. The van der Waals surface area contributed by atoms with Crippen molar-refractivity contribution in [2.24, 2.45) is 5.92 Å². The van der Waals surface area contributed by atoms with E-state index < -0.39 is 41.7 Å². The fourth-order valence-electron chi connectivity index (χ4n) is 4.44. The van der Waals surface area contributed by atoms with E-state index in [9.17, 15) is 19.2 Å². The Bertz CT molecular complexity index is 993. The van der Waals surface area contributed by atoms with Crippen LogP contribution in [-0.2, 0) is 23.9 Å². The van der Waals surface area contributed by atoms with Gasteiger partial charge >= 0.3 is 12.1 Å². The number of rotatable bonds is 12. The monoisotopic (exact) mass is 547 g/mol. The van der Waals surface area contributed by atoms with Crippen LogP contribution in [-0.4, -0.2) is 77.7 Å². The van der Waals surface area contributed by atoms with E-state index >= 15 is 0 Å². The Morgan fingerprint density at radius 3 is 2.49 bits per heavy atom. The van der Waals surface area contributed by atoms with Crippen LogP contribution in [0.3, 0.4) is 0 Å². The number of unbranched alkanes of at least 4 members (excludes halogenated alkanes) is 1. The molecule has 3 N–H and O–H groups in total. The van der Waals surface area contributed by atoms with Crippen molar-refractivity contribution in [3.8, 4) is 0 Å². The zero-order chi connectivity index (χ0) is 29.2. The molecule has 0 spiro atoms. The molecule has 1 aliphatic rings. The van der Waals surface area contributed by atoms with Crippen molar-refractivity contribution < 1.29 is 28.7 Å². The van der Waals surface area contributed by atoms with Gasteiger partial charge in [0.15, 0.2) is 0 Å². The molecule has 1 fully saturated rings. The number of nitrogens with one attached hydrogen (secondary N) is 3. The molecule has 0 aromatic carbocycles. The molecule has 1 aliphatic heterocycles. The van der Waals surface area contributed by atoms with Crippen LogP contribution in [0.25, 0.3) is 0 Å². The van der Waals surface area contributed by atoms with Crippen molar-refractivity contribution in [1.29, 1.82) is 0 Å². The van der Waals surface area contributed by atoms with E-state index in [4.69, 9.17) is 9.47 Å². The molecule has 3 atom stereocenters. The number of hydrogen-bond donors (Lipinski definition) is 3. The van der Waals surface area contributed by atoms with Gasteiger partial charge in [0.25, 0.3) is 0 Å². The minimum atomic E-state index is -0.899. The second-order valence-electron chi connectivity index (χ2n) is 11.2. The molecule has 2 rings (SSSR count). The fourth-order valence-corrected chi connectivity index (χ4v) is 4.44. The first-order valence-electron chi connectivity index (χ1n) is 13.7. The number of aryl methyl sites for hydroxylation is 1. The van der Waals surface area contributed by atoms with Crippen molar-refractivity contribution >= 4 is 29.6 Å². The highest BCUT2D eigenvalue weighted by Crippen LogP contribution is 2.21. The molecular formula is C28H45N5O6. The highest BCUT2D eigenvalue weighted by molar-refractivity contribution is 5.93. The average Bonchev–Trinajstić information content (AvgIpc) is 3.35. The fraction of sp³-hybridized carbons (Fsp3) is 0.679. The third-order valence-corrected chi connectivity index (χ3v) is 6.49. The van der Waals surface area contributed by atoms with Crippen LogP contribution in [0.4, 0.5) is 10.5 Å². The smallest absolute Gasteiger partial charge is 0.408 e. The van der Waals surface area contributed by atoms with Crippen LogP contribution in [0, 0.1) is 12.8 Å². The number of alkyl carbamates (subject to hydrolysis) is 1. The third kappa shape index (κ3) is 10.0. The number of carbonyl (C=O) groups is 4. The number of methoxy groups -OCH3 is 1. The summed E-state index contributed by atoms with van der Waals surface area (Å²) < 4.78 is 10.2. The molecule has 39 heavy (non-hydrogen) atoms. The summed E-state index contributed by atoms with van der Waals surface area (Å²) in [7, 11) is 1.30. The minimum Gasteiger partial charge on any atom is -0.467 e. The molecule has 1 aromatic heterocycles. The number of pyridine rings is 1. The number of nitrogens with zero attached hydrogens (tertiary/aromatic N) is 2. The minimum absolute atomic E-state index is 0.241. The standard InChI is InChI=1S/C28H45N5O6/c1-18(2)23(25(35)33-17-11-14-22(33)26(36)38-7)32-24(34)21(31-27(37)39-28(4,5)6)12-8-9-15-30-20-13-10-16-29-19(20)3/h10,13,16,18,21-23,30H,8-9,11-12,14-15,17H2,1-7H3,(H,31,37)(H,32,34)/t21-,22-,23-/m0/s1. The predicted molar refractivity (Wildman–Crippen MR) is 148 cm³/mol. The van der Waals surface area contributed by atoms with Crippen molar-refractivity contribution in [2.75, 3.05) is 25.5 Å². The van der Waals surface area contributed by atoms with Crippen molar-refractivity contribution in [1.82, 2.24) is 20.5 Å². The van der Waals surface area contributed by atoms with Crippen molar-refractivity contribution in [2.45, 2.75) is 97.4 Å². The van der Waals surface area contributed by atoms with Gasteiger partial charge in [-0.25, -0.2) is 9.59 Å². The number of likely N-dealkylation sites (tertiary alicyclic amines) is 1. The maximum atomic E-state index is 13.4. The Morgan fingerprint density at radius 1 is 1.15 bits per heavy atom. The van der Waals surface area contributed by atoms with Gasteiger partial charge in [0.2, 0.25) is 11.8 Å². The summed E-state index contributed by atoms with van der Waals surface area (Å²) in [4.78, 5) is 57.3. The number of hydrogen-bond acceptors (Lipinski definition) is 8. The number of anilines is 1. The quantitative estimate of drug-likeness (QED) is 0.268. The lowest BCUT2D eigenvalue weighted by molar-refractivity contribution is -0.152. The number of ether oxygens (including phenoxy) is 2. The third-order valence-electron chi connectivity index (χ3n) is 6.49. The van der Waals surface area contributed by atoms with Crippen LogP contribution in [0.15, 0.2) is 18.3 Å². The molecule has 11 nitrogen and oxygen atoms in total. The van der Waals surface area contributed by atoms with Gasteiger partial charge in [-0.05, 0) is 77.8 Å². The van der Waals surface area contributed by atoms with Gasteiger partial charge < -0.3 is 30.3 Å². The second-order valence-corrected chi connectivity index (χ2v) is 11.2. The Labute approximate surface area is 231 Å². The molecule has 1 aromatic rings. The van der Waals surface area contributed by atoms with Crippen LogP contribution in [0.5, 0.6) is 0 Å². The number of carbonyl (C=O) groups excluding carboxylic acids is 4. The summed E-state index contributed by atoms with van der Waals surface area (Å²) in [6, 6.07) is 1.40. The van der Waals surface area contributed by atoms with Gasteiger partial charge in [-0.2, -0.15) is 0 Å². The van der Waals surface area contributed by atoms with Crippen LogP contribution in [0.1, 0.15) is 72.4 Å². The molecule has 0 unspecified atom stereocenters. The molecule has 2 heterocycles. The second kappa shape index (κ2) is 14.7. The van der Waals surface area contributed by atoms with E-state index in [-0.39, 0.29) is 11.8 Å². The topological polar surface area (TPSA) is 139 Å². The van der Waals surface area contributed by atoms with E-state index in [2.05, 4.69) is 20.9 Å². The molecular weight excluding hydrogens is 502 g/mol. The summed E-state index contributed by atoms with van der Waals surface area (Å²) in [6.45, 7) is 11.9. The Morgan fingerprint density at radius 2 is 1.87 bits per heavy atom. The molecule has 0 saturated carbocycles.